The first-order valence-corrected chi connectivity index (χ1v) is 5.86. The number of aliphatic hydroxyl groups is 1. The minimum absolute atomic E-state index is 0.0916. The highest BCUT2D eigenvalue weighted by Gasteiger charge is 2.19. The normalized spacial score (nSPS) is 21.6. The van der Waals surface area contributed by atoms with E-state index in [9.17, 15) is 14.7 Å². The Morgan fingerprint density at radius 1 is 1.59 bits per heavy atom. The molecule has 17 heavy (non-hydrogen) atoms. The molecule has 0 bridgehead atoms. The number of methoxy groups -OCH3 is 1. The van der Waals surface area contributed by atoms with Crippen LogP contribution < -0.4 is 10.6 Å². The van der Waals surface area contributed by atoms with Gasteiger partial charge in [-0.15, -0.1) is 0 Å². The van der Waals surface area contributed by atoms with Crippen molar-refractivity contribution in [3.8, 4) is 0 Å². The van der Waals surface area contributed by atoms with E-state index >= 15 is 0 Å². The molecule has 0 aromatic rings. The minimum atomic E-state index is -1.28. The van der Waals surface area contributed by atoms with Gasteiger partial charge in [-0.1, -0.05) is 0 Å². The molecule has 6 heteroatoms. The molecule has 0 spiro atoms. The Hall–Kier alpha value is -1.14. The first kappa shape index (κ1) is 13.9. The van der Waals surface area contributed by atoms with Gasteiger partial charge in [0.25, 0.3) is 0 Å². The maximum absolute atomic E-state index is 11.5. The van der Waals surface area contributed by atoms with Crippen molar-refractivity contribution in [3.63, 3.8) is 0 Å². The van der Waals surface area contributed by atoms with Gasteiger partial charge in [-0.25, -0.2) is 4.79 Å². The Kier molecular flexibility index (Phi) is 5.93. The van der Waals surface area contributed by atoms with Gasteiger partial charge < -0.3 is 20.5 Å². The molecule has 3 N–H and O–H groups in total. The molecule has 1 heterocycles. The molecule has 0 aromatic carbocycles. The van der Waals surface area contributed by atoms with Gasteiger partial charge in [0.1, 0.15) is 0 Å². The summed E-state index contributed by atoms with van der Waals surface area (Å²) in [7, 11) is 1.20. The van der Waals surface area contributed by atoms with Crippen LogP contribution in [0.5, 0.6) is 0 Å². The monoisotopic (exact) mass is 244 g/mol. The van der Waals surface area contributed by atoms with E-state index in [0.717, 1.165) is 25.9 Å². The number of hydrogen-bond donors (Lipinski definition) is 3. The Bertz CT molecular complexity index is 264. The van der Waals surface area contributed by atoms with Crippen LogP contribution in [0.15, 0.2) is 0 Å². The number of aliphatic hydroxyl groups excluding tert-OH is 1. The SMILES string of the molecule is COC(=O)C(O)CNC(=O)CC1CCCNC1. The summed E-state index contributed by atoms with van der Waals surface area (Å²) >= 11 is 0. The number of hydrogen-bond acceptors (Lipinski definition) is 5. The van der Waals surface area contributed by atoms with Crippen LogP contribution >= 0.6 is 0 Å². The van der Waals surface area contributed by atoms with E-state index in [-0.39, 0.29) is 12.5 Å². The Morgan fingerprint density at radius 2 is 2.35 bits per heavy atom. The number of rotatable bonds is 5. The van der Waals surface area contributed by atoms with Crippen molar-refractivity contribution in [3.05, 3.63) is 0 Å². The van der Waals surface area contributed by atoms with Gasteiger partial charge in [0.15, 0.2) is 6.10 Å². The van der Waals surface area contributed by atoms with Gasteiger partial charge in [0, 0.05) is 6.42 Å². The highest BCUT2D eigenvalue weighted by Crippen LogP contribution is 2.13. The van der Waals surface area contributed by atoms with Crippen molar-refractivity contribution in [2.45, 2.75) is 25.4 Å². The lowest BCUT2D eigenvalue weighted by atomic mass is 9.96. The van der Waals surface area contributed by atoms with Crippen LogP contribution in [0.2, 0.25) is 0 Å². The van der Waals surface area contributed by atoms with Crippen molar-refractivity contribution < 1.29 is 19.4 Å². The van der Waals surface area contributed by atoms with Gasteiger partial charge in [-0.2, -0.15) is 0 Å². The van der Waals surface area contributed by atoms with E-state index in [1.54, 1.807) is 0 Å². The van der Waals surface area contributed by atoms with Crippen LogP contribution in [0.4, 0.5) is 0 Å². The first-order valence-electron chi connectivity index (χ1n) is 5.86. The molecule has 6 nitrogen and oxygen atoms in total. The fourth-order valence-corrected chi connectivity index (χ4v) is 1.86. The largest absolute Gasteiger partial charge is 0.467 e. The second-order valence-corrected chi connectivity index (χ2v) is 4.26. The molecule has 2 unspecified atom stereocenters. The highest BCUT2D eigenvalue weighted by atomic mass is 16.5. The topological polar surface area (TPSA) is 87.7 Å². The van der Waals surface area contributed by atoms with Crippen molar-refractivity contribution in [1.29, 1.82) is 0 Å². The maximum Gasteiger partial charge on any atom is 0.336 e. The van der Waals surface area contributed by atoms with E-state index in [1.807, 2.05) is 0 Å². The van der Waals surface area contributed by atoms with E-state index in [2.05, 4.69) is 15.4 Å². The van der Waals surface area contributed by atoms with Gasteiger partial charge in [-0.3, -0.25) is 4.79 Å². The molecule has 0 radical (unpaired) electrons. The van der Waals surface area contributed by atoms with Crippen LogP contribution in [0, 0.1) is 5.92 Å². The molecule has 0 saturated carbocycles. The number of carbonyl (C=O) groups excluding carboxylic acids is 2. The van der Waals surface area contributed by atoms with Gasteiger partial charge >= 0.3 is 5.97 Å². The van der Waals surface area contributed by atoms with E-state index < -0.39 is 12.1 Å². The molecule has 1 aliphatic heterocycles. The van der Waals surface area contributed by atoms with Crippen LogP contribution in [0.1, 0.15) is 19.3 Å². The fraction of sp³-hybridized carbons (Fsp3) is 0.818. The number of nitrogens with one attached hydrogen (secondary N) is 2. The summed E-state index contributed by atoms with van der Waals surface area (Å²) in [4.78, 5) is 22.4. The zero-order valence-corrected chi connectivity index (χ0v) is 10.1. The summed E-state index contributed by atoms with van der Waals surface area (Å²) in [5, 5.41) is 15.0. The lowest BCUT2D eigenvalue weighted by Gasteiger charge is -2.22. The highest BCUT2D eigenvalue weighted by molar-refractivity contribution is 5.78. The third-order valence-electron chi connectivity index (χ3n) is 2.84. The van der Waals surface area contributed by atoms with Gasteiger partial charge in [0.2, 0.25) is 5.91 Å². The van der Waals surface area contributed by atoms with E-state index in [1.165, 1.54) is 7.11 Å². The molecule has 1 aliphatic rings. The number of amides is 1. The van der Waals surface area contributed by atoms with Crippen molar-refractivity contribution in [2.24, 2.45) is 5.92 Å². The lowest BCUT2D eigenvalue weighted by Crippen LogP contribution is -2.39. The number of carbonyl (C=O) groups is 2. The Balaban J connectivity index is 2.18. The molecular weight excluding hydrogens is 224 g/mol. The zero-order valence-electron chi connectivity index (χ0n) is 10.1. The predicted molar refractivity (Wildman–Crippen MR) is 61.2 cm³/mol. The summed E-state index contributed by atoms with van der Waals surface area (Å²) in [6.45, 7) is 1.78. The molecule has 0 aromatic heterocycles. The molecular formula is C11H20N2O4. The third kappa shape index (κ3) is 5.14. The number of esters is 1. The molecule has 1 rings (SSSR count). The molecule has 1 saturated heterocycles. The maximum atomic E-state index is 11.5. The molecule has 1 fully saturated rings. The van der Waals surface area contributed by atoms with Crippen LogP contribution in [-0.2, 0) is 14.3 Å². The summed E-state index contributed by atoms with van der Waals surface area (Å²) in [5.41, 5.74) is 0. The fourth-order valence-electron chi connectivity index (χ4n) is 1.86. The second kappa shape index (κ2) is 7.24. The van der Waals surface area contributed by atoms with Crippen molar-refractivity contribution in [2.75, 3.05) is 26.7 Å². The zero-order chi connectivity index (χ0) is 12.7. The Labute approximate surface area is 101 Å². The first-order chi connectivity index (χ1) is 8.13. The molecule has 1 amide bonds. The van der Waals surface area contributed by atoms with Crippen LogP contribution in [-0.4, -0.2) is 49.8 Å². The van der Waals surface area contributed by atoms with Crippen LogP contribution in [0.3, 0.4) is 0 Å². The quantitative estimate of drug-likeness (QED) is 0.541. The standard InChI is InChI=1S/C11H20N2O4/c1-17-11(16)9(14)7-13-10(15)5-8-3-2-4-12-6-8/h8-9,12,14H,2-7H2,1H3,(H,13,15). The second-order valence-electron chi connectivity index (χ2n) is 4.26. The summed E-state index contributed by atoms with van der Waals surface area (Å²) in [6.07, 6.45) is 1.28. The Morgan fingerprint density at radius 3 is 2.94 bits per heavy atom. The number of piperidine rings is 1. The lowest BCUT2D eigenvalue weighted by molar-refractivity contribution is -0.150. The molecule has 2 atom stereocenters. The average Bonchev–Trinajstić information content (AvgIpc) is 2.36. The predicted octanol–water partition coefficient (Wildman–Crippen LogP) is -0.974. The van der Waals surface area contributed by atoms with Gasteiger partial charge in [-0.05, 0) is 31.8 Å². The summed E-state index contributed by atoms with van der Waals surface area (Å²) in [6, 6.07) is 0. The van der Waals surface area contributed by atoms with Crippen molar-refractivity contribution in [1.82, 2.24) is 10.6 Å². The van der Waals surface area contributed by atoms with E-state index in [0.29, 0.717) is 12.3 Å². The number of ether oxygens (including phenoxy) is 1. The van der Waals surface area contributed by atoms with Gasteiger partial charge in [0.05, 0.1) is 13.7 Å². The van der Waals surface area contributed by atoms with Crippen LogP contribution in [0.25, 0.3) is 0 Å². The van der Waals surface area contributed by atoms with Crippen molar-refractivity contribution >= 4 is 11.9 Å². The summed E-state index contributed by atoms with van der Waals surface area (Å²) < 4.78 is 4.34. The summed E-state index contributed by atoms with van der Waals surface area (Å²) in [5.74, 6) is -0.523. The molecule has 98 valence electrons. The third-order valence-corrected chi connectivity index (χ3v) is 2.84. The minimum Gasteiger partial charge on any atom is -0.467 e. The molecule has 0 aliphatic carbocycles. The average molecular weight is 244 g/mol. The van der Waals surface area contributed by atoms with E-state index in [4.69, 9.17) is 0 Å². The smallest absolute Gasteiger partial charge is 0.336 e.